The number of rotatable bonds is 4. The van der Waals surface area contributed by atoms with E-state index < -0.39 is 0 Å². The summed E-state index contributed by atoms with van der Waals surface area (Å²) in [5, 5.41) is 2.71. The molecule has 1 N–H and O–H groups in total. The van der Waals surface area contributed by atoms with Gasteiger partial charge in [-0.3, -0.25) is 9.59 Å². The van der Waals surface area contributed by atoms with Gasteiger partial charge in [0.2, 0.25) is 5.91 Å². The molecule has 0 aliphatic carbocycles. The highest BCUT2D eigenvalue weighted by Crippen LogP contribution is 2.32. The molecule has 0 fully saturated rings. The van der Waals surface area contributed by atoms with Gasteiger partial charge < -0.3 is 15.0 Å². The number of methoxy groups -OCH3 is 1. The number of hydrogen-bond donors (Lipinski definition) is 1. The molecule has 5 nitrogen and oxygen atoms in total. The maximum Gasteiger partial charge on any atom is 0.251 e. The third-order valence-corrected chi connectivity index (χ3v) is 4.38. The maximum absolute atomic E-state index is 12.7. The first-order chi connectivity index (χ1) is 12.1. The average Bonchev–Trinajstić information content (AvgIpc) is 2.65. The third-order valence-electron chi connectivity index (χ3n) is 4.38. The normalized spacial score (nSPS) is 16.1. The number of anilines is 1. The van der Waals surface area contributed by atoms with Gasteiger partial charge in [-0.05, 0) is 36.1 Å². The lowest BCUT2D eigenvalue weighted by atomic mass is 9.93. The quantitative estimate of drug-likeness (QED) is 0.932. The summed E-state index contributed by atoms with van der Waals surface area (Å²) in [6, 6.07) is 14.7. The van der Waals surface area contributed by atoms with Gasteiger partial charge in [-0.2, -0.15) is 0 Å². The lowest BCUT2D eigenvalue weighted by Crippen LogP contribution is -2.44. The van der Waals surface area contributed by atoms with Crippen LogP contribution in [-0.2, 0) is 11.2 Å². The van der Waals surface area contributed by atoms with Crippen LogP contribution in [0.4, 0.5) is 5.69 Å². The van der Waals surface area contributed by atoms with Crippen molar-refractivity contribution in [1.82, 2.24) is 5.32 Å². The van der Waals surface area contributed by atoms with Crippen LogP contribution in [0.15, 0.2) is 48.5 Å². The van der Waals surface area contributed by atoms with Gasteiger partial charge in [-0.15, -0.1) is 0 Å². The number of carbonyl (C=O) groups excluding carboxylic acids is 2. The highest BCUT2D eigenvalue weighted by atomic mass is 16.5. The minimum Gasteiger partial charge on any atom is -0.497 e. The molecule has 2 aromatic rings. The van der Waals surface area contributed by atoms with E-state index in [2.05, 4.69) is 12.2 Å². The molecule has 25 heavy (non-hydrogen) atoms. The number of benzene rings is 2. The summed E-state index contributed by atoms with van der Waals surface area (Å²) in [4.78, 5) is 26.6. The number of carbonyl (C=O) groups is 2. The summed E-state index contributed by atoms with van der Waals surface area (Å²) in [6.45, 7) is 2.73. The fraction of sp³-hybridized carbons (Fsp3) is 0.300. The molecule has 1 unspecified atom stereocenters. The predicted octanol–water partition coefficient (Wildman–Crippen LogP) is 2.65. The molecule has 130 valence electrons. The highest BCUT2D eigenvalue weighted by Gasteiger charge is 2.27. The molecule has 1 atom stereocenters. The molecular weight excluding hydrogens is 316 g/mol. The molecule has 0 bridgehead atoms. The largest absolute Gasteiger partial charge is 0.497 e. The minimum absolute atomic E-state index is 0.0307. The first kappa shape index (κ1) is 17.0. The maximum atomic E-state index is 12.7. The topological polar surface area (TPSA) is 58.6 Å². The van der Waals surface area contributed by atoms with Crippen molar-refractivity contribution in [2.75, 3.05) is 25.1 Å². The second kappa shape index (κ2) is 7.38. The van der Waals surface area contributed by atoms with Gasteiger partial charge in [0.15, 0.2) is 0 Å². The molecule has 0 aromatic heterocycles. The zero-order valence-electron chi connectivity index (χ0n) is 14.5. The second-order valence-electron chi connectivity index (χ2n) is 6.36. The molecule has 0 saturated heterocycles. The Morgan fingerprint density at radius 3 is 2.68 bits per heavy atom. The van der Waals surface area contributed by atoms with Gasteiger partial charge in [0.25, 0.3) is 5.91 Å². The molecule has 3 rings (SSSR count). The van der Waals surface area contributed by atoms with Crippen molar-refractivity contribution in [1.29, 1.82) is 0 Å². The van der Waals surface area contributed by atoms with Gasteiger partial charge in [0.05, 0.1) is 19.3 Å². The van der Waals surface area contributed by atoms with E-state index >= 15 is 0 Å². The number of fused-ring (bicyclic) bond motifs is 1. The van der Waals surface area contributed by atoms with Crippen LogP contribution in [0.25, 0.3) is 0 Å². The zero-order chi connectivity index (χ0) is 17.8. The summed E-state index contributed by atoms with van der Waals surface area (Å²) >= 11 is 0. The second-order valence-corrected chi connectivity index (χ2v) is 6.36. The predicted molar refractivity (Wildman–Crippen MR) is 97.0 cm³/mol. The third kappa shape index (κ3) is 3.82. The number of nitrogens with one attached hydrogen (secondary N) is 1. The number of nitrogens with zero attached hydrogens (tertiary/aromatic N) is 1. The number of amides is 2. The molecular formula is C20H22N2O3. The fourth-order valence-corrected chi connectivity index (χ4v) is 3.12. The Balaban J connectivity index is 1.73. The Kier molecular flexibility index (Phi) is 5.03. The van der Waals surface area contributed by atoms with E-state index in [0.717, 1.165) is 23.4 Å². The van der Waals surface area contributed by atoms with Crippen LogP contribution in [-0.4, -0.2) is 32.0 Å². The van der Waals surface area contributed by atoms with E-state index in [0.29, 0.717) is 18.0 Å². The van der Waals surface area contributed by atoms with Crippen LogP contribution in [0.3, 0.4) is 0 Å². The molecule has 0 radical (unpaired) electrons. The number of hydrogen-bond acceptors (Lipinski definition) is 3. The highest BCUT2D eigenvalue weighted by molar-refractivity contribution is 6.01. The molecule has 1 heterocycles. The Bertz CT molecular complexity index is 774. The lowest BCUT2D eigenvalue weighted by Gasteiger charge is -2.33. The Morgan fingerprint density at radius 2 is 1.96 bits per heavy atom. The van der Waals surface area contributed by atoms with Gasteiger partial charge in [0, 0.05) is 18.2 Å². The van der Waals surface area contributed by atoms with Gasteiger partial charge >= 0.3 is 0 Å². The Morgan fingerprint density at radius 1 is 1.20 bits per heavy atom. The molecule has 5 heteroatoms. The van der Waals surface area contributed by atoms with Crippen LogP contribution in [0, 0.1) is 5.92 Å². The molecule has 0 saturated carbocycles. The van der Waals surface area contributed by atoms with Gasteiger partial charge in [0.1, 0.15) is 5.75 Å². The monoisotopic (exact) mass is 338 g/mol. The van der Waals surface area contributed by atoms with E-state index in [1.165, 1.54) is 0 Å². The van der Waals surface area contributed by atoms with Crippen LogP contribution in [0.5, 0.6) is 5.75 Å². The summed E-state index contributed by atoms with van der Waals surface area (Å²) in [5.41, 5.74) is 2.54. The van der Waals surface area contributed by atoms with Crippen LogP contribution in [0.2, 0.25) is 0 Å². The molecule has 0 spiro atoms. The summed E-state index contributed by atoms with van der Waals surface area (Å²) in [7, 11) is 1.61. The van der Waals surface area contributed by atoms with Crippen molar-refractivity contribution in [3.8, 4) is 5.75 Å². The van der Waals surface area contributed by atoms with Crippen LogP contribution >= 0.6 is 0 Å². The minimum atomic E-state index is -0.245. The average molecular weight is 338 g/mol. The molecule has 2 amide bonds. The standard InChI is InChI=1S/C20H22N2O3/c1-14-10-16-8-9-17(25-2)11-18(16)22(13-14)19(23)12-21-20(24)15-6-4-3-5-7-15/h3-9,11,14H,10,12-13H2,1-2H3,(H,21,24). The molecule has 1 aliphatic rings. The van der Waals surface area contributed by atoms with E-state index in [4.69, 9.17) is 4.74 Å². The first-order valence-corrected chi connectivity index (χ1v) is 8.39. The SMILES string of the molecule is COc1ccc2c(c1)N(C(=O)CNC(=O)c1ccccc1)CC(C)C2. The van der Waals surface area contributed by atoms with Gasteiger partial charge in [-0.1, -0.05) is 31.2 Å². The van der Waals surface area contributed by atoms with Crippen molar-refractivity contribution >= 4 is 17.5 Å². The summed E-state index contributed by atoms with van der Waals surface area (Å²) in [6.07, 6.45) is 0.930. The summed E-state index contributed by atoms with van der Waals surface area (Å²) in [5.74, 6) is 0.726. The van der Waals surface area contributed by atoms with E-state index in [9.17, 15) is 9.59 Å². The van der Waals surface area contributed by atoms with Crippen molar-refractivity contribution in [2.24, 2.45) is 5.92 Å². The molecule has 2 aromatic carbocycles. The van der Waals surface area contributed by atoms with Crippen LogP contribution < -0.4 is 15.0 Å². The van der Waals surface area contributed by atoms with Crippen LogP contribution in [0.1, 0.15) is 22.8 Å². The van der Waals surface area contributed by atoms with Gasteiger partial charge in [-0.25, -0.2) is 0 Å². The fourth-order valence-electron chi connectivity index (χ4n) is 3.12. The van der Waals surface area contributed by atoms with E-state index in [1.807, 2.05) is 24.3 Å². The summed E-state index contributed by atoms with van der Waals surface area (Å²) < 4.78 is 5.28. The molecule has 1 aliphatic heterocycles. The number of ether oxygens (including phenoxy) is 1. The lowest BCUT2D eigenvalue weighted by molar-refractivity contribution is -0.117. The first-order valence-electron chi connectivity index (χ1n) is 8.39. The van der Waals surface area contributed by atoms with E-state index in [1.54, 1.807) is 36.3 Å². The Hall–Kier alpha value is -2.82. The van der Waals surface area contributed by atoms with Crippen molar-refractivity contribution in [2.45, 2.75) is 13.3 Å². The smallest absolute Gasteiger partial charge is 0.251 e. The Labute approximate surface area is 147 Å². The van der Waals surface area contributed by atoms with Crippen molar-refractivity contribution < 1.29 is 14.3 Å². The van der Waals surface area contributed by atoms with Crippen molar-refractivity contribution in [3.05, 3.63) is 59.7 Å². The van der Waals surface area contributed by atoms with Crippen molar-refractivity contribution in [3.63, 3.8) is 0 Å². The van der Waals surface area contributed by atoms with E-state index in [-0.39, 0.29) is 18.4 Å². The zero-order valence-corrected chi connectivity index (χ0v) is 14.5.